The van der Waals surface area contributed by atoms with E-state index in [4.69, 9.17) is 16.3 Å². The zero-order valence-electron chi connectivity index (χ0n) is 19.0. The number of anilines is 1. The topological polar surface area (TPSA) is 84.5 Å². The third-order valence-corrected chi connectivity index (χ3v) is 8.03. The highest BCUT2D eigenvalue weighted by Crippen LogP contribution is 2.42. The van der Waals surface area contributed by atoms with Gasteiger partial charge in [0.2, 0.25) is 0 Å². The highest BCUT2D eigenvalue weighted by atomic mass is 35.5. The molecule has 1 unspecified atom stereocenters. The summed E-state index contributed by atoms with van der Waals surface area (Å²) in [6, 6.07) is 20.0. The molecule has 3 aromatic rings. The molecule has 0 aromatic heterocycles. The molecule has 2 N–H and O–H groups in total. The molecule has 4 rings (SSSR count). The molecule has 34 heavy (non-hydrogen) atoms. The van der Waals surface area contributed by atoms with Crippen LogP contribution in [0.2, 0.25) is 5.02 Å². The first-order valence-electron chi connectivity index (χ1n) is 11.2. The third kappa shape index (κ3) is 4.91. The Morgan fingerprint density at radius 2 is 1.71 bits per heavy atom. The molecular formula is C26H27ClN2O4S. The van der Waals surface area contributed by atoms with Crippen LogP contribution in [0.1, 0.15) is 55.1 Å². The van der Waals surface area contributed by atoms with Crippen LogP contribution in [0.5, 0.6) is 5.75 Å². The number of hydrogen-bond acceptors (Lipinski definition) is 4. The van der Waals surface area contributed by atoms with Crippen molar-refractivity contribution in [3.05, 3.63) is 88.9 Å². The zero-order chi connectivity index (χ0) is 24.3. The molecule has 0 aliphatic carbocycles. The molecule has 0 bridgehead atoms. The number of nitrogens with one attached hydrogen (secondary N) is 2. The molecule has 0 spiro atoms. The Morgan fingerprint density at radius 1 is 1.03 bits per heavy atom. The first-order valence-corrected chi connectivity index (χ1v) is 13.1. The van der Waals surface area contributed by atoms with Crippen LogP contribution in [-0.2, 0) is 10.0 Å². The van der Waals surface area contributed by atoms with Crippen LogP contribution >= 0.6 is 11.6 Å². The van der Waals surface area contributed by atoms with Crippen molar-refractivity contribution in [2.24, 2.45) is 0 Å². The minimum absolute atomic E-state index is 0.130. The van der Waals surface area contributed by atoms with E-state index in [0.717, 1.165) is 24.2 Å². The van der Waals surface area contributed by atoms with Crippen molar-refractivity contribution >= 4 is 33.2 Å². The largest absolute Gasteiger partial charge is 0.487 e. The lowest BCUT2D eigenvalue weighted by molar-refractivity contribution is 0.0227. The van der Waals surface area contributed by atoms with Gasteiger partial charge in [-0.25, -0.2) is 8.42 Å². The molecule has 6 nitrogen and oxygen atoms in total. The number of amides is 1. The maximum atomic E-state index is 13.3. The fraction of sp³-hybridized carbons (Fsp3) is 0.269. The first kappa shape index (κ1) is 24.1. The number of ether oxygens (including phenoxy) is 1. The van der Waals surface area contributed by atoms with E-state index < -0.39 is 10.0 Å². The Morgan fingerprint density at radius 3 is 2.41 bits per heavy atom. The van der Waals surface area contributed by atoms with Gasteiger partial charge in [0.05, 0.1) is 21.5 Å². The standard InChI is InChI=1S/C26H27ClN2O4S/c1-3-26(4-2)17-23(20-12-8-9-13-24(20)33-26)28-25(30)21-16-18(14-15-22(21)27)29-34(31,32)19-10-6-5-7-11-19/h5-16,23,29H,3-4,17H2,1-2H3,(H,28,30). The van der Waals surface area contributed by atoms with Crippen LogP contribution in [0.25, 0.3) is 0 Å². The lowest BCUT2D eigenvalue weighted by atomic mass is 9.83. The van der Waals surface area contributed by atoms with Crippen LogP contribution in [0, 0.1) is 0 Å². The highest BCUT2D eigenvalue weighted by molar-refractivity contribution is 7.92. The molecule has 1 aliphatic rings. The normalized spacial score (nSPS) is 16.7. The molecule has 0 saturated heterocycles. The molecular weight excluding hydrogens is 472 g/mol. The van der Waals surface area contributed by atoms with Gasteiger partial charge in [0, 0.05) is 17.7 Å². The Hall–Kier alpha value is -3.03. The van der Waals surface area contributed by atoms with E-state index in [1.54, 1.807) is 18.2 Å². The van der Waals surface area contributed by atoms with Gasteiger partial charge in [-0.3, -0.25) is 9.52 Å². The number of rotatable bonds is 7. The Balaban J connectivity index is 1.60. The molecule has 0 radical (unpaired) electrons. The van der Waals surface area contributed by atoms with Crippen molar-refractivity contribution in [2.45, 2.75) is 49.6 Å². The van der Waals surface area contributed by atoms with E-state index >= 15 is 0 Å². The smallest absolute Gasteiger partial charge is 0.261 e. The van der Waals surface area contributed by atoms with Crippen molar-refractivity contribution in [1.82, 2.24) is 5.32 Å². The van der Waals surface area contributed by atoms with E-state index in [1.807, 2.05) is 24.3 Å². The van der Waals surface area contributed by atoms with E-state index in [1.165, 1.54) is 30.3 Å². The van der Waals surface area contributed by atoms with Crippen molar-refractivity contribution in [1.29, 1.82) is 0 Å². The summed E-state index contributed by atoms with van der Waals surface area (Å²) in [6.45, 7) is 4.16. The van der Waals surface area contributed by atoms with Crippen LogP contribution in [0.15, 0.2) is 77.7 Å². The van der Waals surface area contributed by atoms with Crippen LogP contribution in [-0.4, -0.2) is 19.9 Å². The maximum absolute atomic E-state index is 13.3. The summed E-state index contributed by atoms with van der Waals surface area (Å²) < 4.78 is 34.2. The molecule has 1 heterocycles. The summed E-state index contributed by atoms with van der Waals surface area (Å²) in [5.41, 5.74) is 0.980. The van der Waals surface area contributed by atoms with E-state index in [0.29, 0.717) is 6.42 Å². The second-order valence-corrected chi connectivity index (χ2v) is 10.5. The Bertz CT molecular complexity index is 1290. The Labute approximate surface area is 205 Å². The summed E-state index contributed by atoms with van der Waals surface area (Å²) in [4.78, 5) is 13.4. The number of hydrogen-bond donors (Lipinski definition) is 2. The molecule has 1 amide bonds. The lowest BCUT2D eigenvalue weighted by Gasteiger charge is -2.41. The molecule has 3 aromatic carbocycles. The minimum Gasteiger partial charge on any atom is -0.487 e. The predicted octanol–water partition coefficient (Wildman–Crippen LogP) is 5.95. The summed E-state index contributed by atoms with van der Waals surface area (Å²) in [7, 11) is -3.80. The fourth-order valence-corrected chi connectivity index (χ4v) is 5.52. The molecule has 8 heteroatoms. The number of carbonyl (C=O) groups is 1. The van der Waals surface area contributed by atoms with Crippen molar-refractivity contribution < 1.29 is 17.9 Å². The number of halogens is 1. The zero-order valence-corrected chi connectivity index (χ0v) is 20.6. The Kier molecular flexibility index (Phi) is 6.86. The predicted molar refractivity (Wildman–Crippen MR) is 134 cm³/mol. The van der Waals surface area contributed by atoms with Gasteiger partial charge in [-0.2, -0.15) is 0 Å². The second-order valence-electron chi connectivity index (χ2n) is 8.37. The molecule has 178 valence electrons. The van der Waals surface area contributed by atoms with Crippen LogP contribution < -0.4 is 14.8 Å². The van der Waals surface area contributed by atoms with Gasteiger partial charge in [0.25, 0.3) is 15.9 Å². The number of sulfonamides is 1. The average molecular weight is 499 g/mol. The number of para-hydroxylation sites is 1. The number of benzene rings is 3. The number of carbonyl (C=O) groups excluding carboxylic acids is 1. The van der Waals surface area contributed by atoms with Gasteiger partial charge in [-0.1, -0.05) is 61.8 Å². The van der Waals surface area contributed by atoms with E-state index in [9.17, 15) is 13.2 Å². The van der Waals surface area contributed by atoms with Gasteiger partial charge in [-0.15, -0.1) is 0 Å². The summed E-state index contributed by atoms with van der Waals surface area (Å²) in [5.74, 6) is 0.381. The maximum Gasteiger partial charge on any atom is 0.261 e. The number of fused-ring (bicyclic) bond motifs is 1. The molecule has 1 atom stereocenters. The fourth-order valence-electron chi connectivity index (χ4n) is 4.24. The monoisotopic (exact) mass is 498 g/mol. The van der Waals surface area contributed by atoms with E-state index in [2.05, 4.69) is 23.9 Å². The van der Waals surface area contributed by atoms with E-state index in [-0.39, 0.29) is 38.7 Å². The second kappa shape index (κ2) is 9.68. The van der Waals surface area contributed by atoms with Crippen LogP contribution in [0.4, 0.5) is 5.69 Å². The van der Waals surface area contributed by atoms with Crippen LogP contribution in [0.3, 0.4) is 0 Å². The van der Waals surface area contributed by atoms with Gasteiger partial charge in [0.15, 0.2) is 0 Å². The van der Waals surface area contributed by atoms with Gasteiger partial charge in [0.1, 0.15) is 11.4 Å². The third-order valence-electron chi connectivity index (χ3n) is 6.31. The van der Waals surface area contributed by atoms with Gasteiger partial charge in [-0.05, 0) is 49.2 Å². The van der Waals surface area contributed by atoms with Crippen molar-refractivity contribution in [3.63, 3.8) is 0 Å². The SMILES string of the molecule is CCC1(CC)CC(NC(=O)c2cc(NS(=O)(=O)c3ccccc3)ccc2Cl)c2ccccc2O1. The quantitative estimate of drug-likeness (QED) is 0.421. The summed E-state index contributed by atoms with van der Waals surface area (Å²) in [6.07, 6.45) is 2.24. The summed E-state index contributed by atoms with van der Waals surface area (Å²) in [5, 5.41) is 3.33. The van der Waals surface area contributed by atoms with Crippen molar-refractivity contribution in [3.8, 4) is 5.75 Å². The molecule has 1 aliphatic heterocycles. The van der Waals surface area contributed by atoms with Gasteiger partial charge < -0.3 is 10.1 Å². The average Bonchev–Trinajstić information content (AvgIpc) is 2.85. The highest BCUT2D eigenvalue weighted by Gasteiger charge is 2.39. The molecule has 0 saturated carbocycles. The summed E-state index contributed by atoms with van der Waals surface area (Å²) >= 11 is 6.35. The van der Waals surface area contributed by atoms with Gasteiger partial charge >= 0.3 is 0 Å². The lowest BCUT2D eigenvalue weighted by Crippen LogP contribution is -2.44. The minimum atomic E-state index is -3.80. The molecule has 0 fully saturated rings. The first-order chi connectivity index (χ1) is 16.3. The van der Waals surface area contributed by atoms with Crippen molar-refractivity contribution in [2.75, 3.05) is 4.72 Å².